The van der Waals surface area contributed by atoms with E-state index in [-0.39, 0.29) is 5.54 Å². The van der Waals surface area contributed by atoms with E-state index in [0.29, 0.717) is 35.7 Å². The summed E-state index contributed by atoms with van der Waals surface area (Å²) in [6.07, 6.45) is -2.62. The minimum Gasteiger partial charge on any atom is -0.312 e. The van der Waals surface area contributed by atoms with Gasteiger partial charge in [0, 0.05) is 12.0 Å². The van der Waals surface area contributed by atoms with E-state index in [1.807, 2.05) is 20.8 Å². The number of hydrogen-bond acceptors (Lipinski definition) is 4. The summed E-state index contributed by atoms with van der Waals surface area (Å²) in [5, 5.41) is 9.35. The lowest BCUT2D eigenvalue weighted by Crippen LogP contribution is -2.36. The van der Waals surface area contributed by atoms with Gasteiger partial charge in [0.2, 0.25) is 0 Å². The molecule has 1 aromatic heterocycles. The molecule has 19 heavy (non-hydrogen) atoms. The van der Waals surface area contributed by atoms with Gasteiger partial charge in [-0.25, -0.2) is 8.78 Å². The van der Waals surface area contributed by atoms with Crippen molar-refractivity contribution < 1.29 is 17.6 Å². The molecule has 0 aliphatic carbocycles. The molecule has 0 aromatic carbocycles. The molecule has 0 fully saturated rings. The van der Waals surface area contributed by atoms with E-state index in [1.165, 1.54) is 0 Å². The van der Waals surface area contributed by atoms with Crippen LogP contribution in [0.2, 0.25) is 0 Å². The van der Waals surface area contributed by atoms with Gasteiger partial charge in [0.1, 0.15) is 5.01 Å². The highest BCUT2D eigenvalue weighted by molar-refractivity contribution is 7.11. The Hall–Kier alpha value is -0.760. The summed E-state index contributed by atoms with van der Waals surface area (Å²) >= 11 is 0.546. The maximum atomic E-state index is 13.0. The van der Waals surface area contributed by atoms with E-state index >= 15 is 0 Å². The zero-order chi connectivity index (χ0) is 14.7. The van der Waals surface area contributed by atoms with Crippen molar-refractivity contribution in [2.45, 2.75) is 51.5 Å². The quantitative estimate of drug-likeness (QED) is 0.647. The molecule has 0 aliphatic rings. The minimum atomic E-state index is -4.21. The van der Waals surface area contributed by atoms with E-state index in [1.54, 1.807) is 0 Å². The SMILES string of the molecule is CC(C)(C)NCCCc1nnc(C(F)(F)C(F)F)s1. The van der Waals surface area contributed by atoms with Gasteiger partial charge in [-0.1, -0.05) is 11.3 Å². The number of aromatic nitrogens is 2. The second-order valence-corrected chi connectivity index (χ2v) is 6.27. The second-order valence-electron chi connectivity index (χ2n) is 5.20. The Labute approximate surface area is 113 Å². The average Bonchev–Trinajstić information content (AvgIpc) is 2.72. The molecular formula is C11H17F4N3S. The Morgan fingerprint density at radius 1 is 1.21 bits per heavy atom. The monoisotopic (exact) mass is 299 g/mol. The number of nitrogens with zero attached hydrogens (tertiary/aromatic N) is 2. The van der Waals surface area contributed by atoms with Crippen molar-refractivity contribution in [3.05, 3.63) is 10.0 Å². The van der Waals surface area contributed by atoms with E-state index in [4.69, 9.17) is 0 Å². The van der Waals surface area contributed by atoms with Crippen molar-refractivity contribution in [1.82, 2.24) is 15.5 Å². The van der Waals surface area contributed by atoms with Crippen molar-refractivity contribution in [3.8, 4) is 0 Å². The molecule has 0 radical (unpaired) electrons. The maximum Gasteiger partial charge on any atom is 0.359 e. The molecule has 8 heteroatoms. The normalized spacial score (nSPS) is 13.3. The Morgan fingerprint density at radius 3 is 2.37 bits per heavy atom. The summed E-state index contributed by atoms with van der Waals surface area (Å²) in [6, 6.07) is 0. The van der Waals surface area contributed by atoms with Crippen molar-refractivity contribution in [2.24, 2.45) is 0 Å². The first-order chi connectivity index (χ1) is 8.63. The largest absolute Gasteiger partial charge is 0.359 e. The predicted molar refractivity (Wildman–Crippen MR) is 65.9 cm³/mol. The van der Waals surface area contributed by atoms with Crippen LogP contribution in [0.1, 0.15) is 37.2 Å². The van der Waals surface area contributed by atoms with Crippen LogP contribution in [-0.2, 0) is 12.3 Å². The van der Waals surface area contributed by atoms with Gasteiger partial charge in [0.05, 0.1) is 0 Å². The summed E-state index contributed by atoms with van der Waals surface area (Å²) in [7, 11) is 0. The van der Waals surface area contributed by atoms with Gasteiger partial charge >= 0.3 is 12.3 Å². The Bertz CT molecular complexity index is 401. The standard InChI is InChI=1S/C11H17F4N3S/c1-10(2,3)16-6-4-5-7-17-18-9(19-7)11(14,15)8(12)13/h8,16H,4-6H2,1-3H3. The summed E-state index contributed by atoms with van der Waals surface area (Å²) in [4.78, 5) is 0. The fraction of sp³-hybridized carbons (Fsp3) is 0.818. The topological polar surface area (TPSA) is 37.8 Å². The van der Waals surface area contributed by atoms with Gasteiger partial charge in [-0.15, -0.1) is 10.2 Å². The van der Waals surface area contributed by atoms with Crippen molar-refractivity contribution in [2.75, 3.05) is 6.54 Å². The summed E-state index contributed by atoms with van der Waals surface area (Å²) in [5.74, 6) is -4.21. The molecule has 1 N–H and O–H groups in total. The third-order valence-corrected chi connectivity index (χ3v) is 3.32. The van der Waals surface area contributed by atoms with Crippen LogP contribution in [0.3, 0.4) is 0 Å². The van der Waals surface area contributed by atoms with Crippen LogP contribution in [0.25, 0.3) is 0 Å². The molecule has 1 heterocycles. The molecule has 1 aromatic rings. The Kier molecular flexibility index (Phi) is 5.26. The molecule has 110 valence electrons. The number of hydrogen-bond donors (Lipinski definition) is 1. The molecule has 0 atom stereocenters. The number of rotatable bonds is 6. The van der Waals surface area contributed by atoms with Crippen LogP contribution >= 0.6 is 11.3 Å². The number of nitrogens with one attached hydrogen (secondary N) is 1. The van der Waals surface area contributed by atoms with E-state index in [0.717, 1.165) is 0 Å². The minimum absolute atomic E-state index is 0.0189. The summed E-state index contributed by atoms with van der Waals surface area (Å²) < 4.78 is 50.2. The lowest BCUT2D eigenvalue weighted by atomic mass is 10.1. The van der Waals surface area contributed by atoms with Gasteiger partial charge in [0.15, 0.2) is 5.01 Å². The second kappa shape index (κ2) is 6.13. The first-order valence-corrected chi connectivity index (χ1v) is 6.68. The van der Waals surface area contributed by atoms with Crippen LogP contribution in [-0.4, -0.2) is 28.7 Å². The van der Waals surface area contributed by atoms with Gasteiger partial charge in [-0.05, 0) is 33.7 Å². The van der Waals surface area contributed by atoms with Crippen LogP contribution < -0.4 is 5.32 Å². The van der Waals surface area contributed by atoms with Crippen LogP contribution in [0, 0.1) is 0 Å². The lowest BCUT2D eigenvalue weighted by molar-refractivity contribution is -0.135. The fourth-order valence-electron chi connectivity index (χ4n) is 1.29. The molecule has 1 rings (SSSR count). The zero-order valence-electron chi connectivity index (χ0n) is 11.0. The molecule has 3 nitrogen and oxygen atoms in total. The first kappa shape index (κ1) is 16.3. The summed E-state index contributed by atoms with van der Waals surface area (Å²) in [6.45, 7) is 6.74. The van der Waals surface area contributed by atoms with Gasteiger partial charge in [-0.2, -0.15) is 8.78 Å². The molecule has 0 bridgehead atoms. The highest BCUT2D eigenvalue weighted by Crippen LogP contribution is 2.36. The molecule has 0 amide bonds. The maximum absolute atomic E-state index is 13.0. The molecule has 0 saturated heterocycles. The van der Waals surface area contributed by atoms with Gasteiger partial charge in [0.25, 0.3) is 0 Å². The molecule has 0 aliphatic heterocycles. The first-order valence-electron chi connectivity index (χ1n) is 5.87. The third-order valence-electron chi connectivity index (χ3n) is 2.25. The van der Waals surface area contributed by atoms with E-state index in [2.05, 4.69) is 15.5 Å². The van der Waals surface area contributed by atoms with Gasteiger partial charge < -0.3 is 5.32 Å². The smallest absolute Gasteiger partial charge is 0.312 e. The third kappa shape index (κ3) is 5.02. The fourth-order valence-corrected chi connectivity index (χ4v) is 2.14. The van der Waals surface area contributed by atoms with E-state index in [9.17, 15) is 17.6 Å². The predicted octanol–water partition coefficient (Wildman–Crippen LogP) is 3.22. The van der Waals surface area contributed by atoms with Gasteiger partial charge in [-0.3, -0.25) is 0 Å². The van der Waals surface area contributed by atoms with Crippen molar-refractivity contribution in [3.63, 3.8) is 0 Å². The number of alkyl halides is 4. The van der Waals surface area contributed by atoms with Crippen LogP contribution in [0.15, 0.2) is 0 Å². The molecule has 0 spiro atoms. The lowest BCUT2D eigenvalue weighted by Gasteiger charge is -2.20. The Balaban J connectivity index is 2.48. The highest BCUT2D eigenvalue weighted by Gasteiger charge is 2.46. The summed E-state index contributed by atoms with van der Waals surface area (Å²) in [5.41, 5.74) is -0.0189. The van der Waals surface area contributed by atoms with E-state index < -0.39 is 17.4 Å². The number of halogens is 4. The van der Waals surface area contributed by atoms with Crippen LogP contribution in [0.5, 0.6) is 0 Å². The zero-order valence-corrected chi connectivity index (χ0v) is 11.8. The highest BCUT2D eigenvalue weighted by atomic mass is 32.1. The Morgan fingerprint density at radius 2 is 1.84 bits per heavy atom. The average molecular weight is 299 g/mol. The van der Waals surface area contributed by atoms with Crippen molar-refractivity contribution >= 4 is 11.3 Å². The van der Waals surface area contributed by atoms with Crippen molar-refractivity contribution in [1.29, 1.82) is 0 Å². The number of aryl methyl sites for hydroxylation is 1. The van der Waals surface area contributed by atoms with Crippen LogP contribution in [0.4, 0.5) is 17.6 Å². The molecule has 0 unspecified atom stereocenters. The molecular weight excluding hydrogens is 282 g/mol. The molecule has 0 saturated carbocycles.